The highest BCUT2D eigenvalue weighted by Gasteiger charge is 2.32. The fourth-order valence-corrected chi connectivity index (χ4v) is 3.76. The van der Waals surface area contributed by atoms with E-state index in [0.29, 0.717) is 17.6 Å². The minimum absolute atomic E-state index is 0.177. The van der Waals surface area contributed by atoms with Crippen molar-refractivity contribution in [1.29, 1.82) is 0 Å². The van der Waals surface area contributed by atoms with Crippen molar-refractivity contribution in [2.45, 2.75) is 33.6 Å². The Kier molecular flexibility index (Phi) is 5.61. The summed E-state index contributed by atoms with van der Waals surface area (Å²) >= 11 is 0. The van der Waals surface area contributed by atoms with Crippen molar-refractivity contribution in [2.75, 3.05) is 7.11 Å². The number of ketones is 1. The maximum Gasteiger partial charge on any atom is 0.162 e. The van der Waals surface area contributed by atoms with E-state index in [1.165, 1.54) is 0 Å². The maximum atomic E-state index is 12.9. The van der Waals surface area contributed by atoms with Gasteiger partial charge in [-0.15, -0.1) is 0 Å². The quantitative estimate of drug-likeness (QED) is 0.632. The molecule has 0 aliphatic heterocycles. The molecule has 1 fully saturated rings. The summed E-state index contributed by atoms with van der Waals surface area (Å²) in [7, 11) is 1.68. The van der Waals surface area contributed by atoms with Crippen LogP contribution in [-0.4, -0.2) is 12.9 Å². The minimum atomic E-state index is 0.177. The van der Waals surface area contributed by atoms with E-state index in [0.717, 1.165) is 40.9 Å². The molecular weight excluding hydrogens is 320 g/mol. The van der Waals surface area contributed by atoms with Crippen LogP contribution in [0, 0.1) is 17.8 Å². The maximum absolute atomic E-state index is 12.9. The fraction of sp³-hybridized carbons (Fsp3) is 0.375. The monoisotopic (exact) mass is 348 g/mol. The molecule has 2 aromatic rings. The number of hydrogen-bond acceptors (Lipinski definition) is 2. The van der Waals surface area contributed by atoms with E-state index in [-0.39, 0.29) is 5.92 Å². The molecule has 136 valence electrons. The number of rotatable bonds is 4. The molecule has 0 aromatic heterocycles. The largest absolute Gasteiger partial charge is 0.497 e. The lowest BCUT2D eigenvalue weighted by atomic mass is 9.73. The first-order valence-electron chi connectivity index (χ1n) is 9.50. The molecule has 0 radical (unpaired) electrons. The zero-order valence-corrected chi connectivity index (χ0v) is 16.2. The third-order valence-corrected chi connectivity index (χ3v) is 5.52. The Balaban J connectivity index is 1.83. The van der Waals surface area contributed by atoms with E-state index in [9.17, 15) is 4.79 Å². The van der Waals surface area contributed by atoms with Crippen LogP contribution in [-0.2, 0) is 4.79 Å². The molecule has 0 amide bonds. The predicted octanol–water partition coefficient (Wildman–Crippen LogP) is 6.02. The number of hydrogen-bond donors (Lipinski definition) is 0. The SMILES string of the molecule is COc1ccc(-c2ccc(/C=C3\C(=O)[C@@H](C(C)C)CC[C@H]3C)cc2)cc1. The van der Waals surface area contributed by atoms with Gasteiger partial charge in [-0.25, -0.2) is 0 Å². The van der Waals surface area contributed by atoms with Crippen LogP contribution in [0.5, 0.6) is 5.75 Å². The number of carbonyl (C=O) groups excluding carboxylic acids is 1. The lowest BCUT2D eigenvalue weighted by Crippen LogP contribution is -2.30. The highest BCUT2D eigenvalue weighted by molar-refractivity contribution is 6.02. The third kappa shape index (κ3) is 3.90. The van der Waals surface area contributed by atoms with Gasteiger partial charge in [-0.2, -0.15) is 0 Å². The third-order valence-electron chi connectivity index (χ3n) is 5.52. The van der Waals surface area contributed by atoms with E-state index in [4.69, 9.17) is 4.74 Å². The van der Waals surface area contributed by atoms with Crippen LogP contribution in [0.15, 0.2) is 54.1 Å². The van der Waals surface area contributed by atoms with Gasteiger partial charge in [0.2, 0.25) is 0 Å². The van der Waals surface area contributed by atoms with Gasteiger partial charge < -0.3 is 4.74 Å². The summed E-state index contributed by atoms with van der Waals surface area (Å²) in [6, 6.07) is 16.5. The van der Waals surface area contributed by atoms with E-state index in [2.05, 4.69) is 63.2 Å². The summed E-state index contributed by atoms with van der Waals surface area (Å²) in [6.07, 6.45) is 4.22. The predicted molar refractivity (Wildman–Crippen MR) is 108 cm³/mol. The topological polar surface area (TPSA) is 26.3 Å². The number of allylic oxidation sites excluding steroid dienone is 1. The molecule has 0 bridgehead atoms. The summed E-state index contributed by atoms with van der Waals surface area (Å²) < 4.78 is 5.21. The highest BCUT2D eigenvalue weighted by atomic mass is 16.5. The van der Waals surface area contributed by atoms with Crippen LogP contribution in [0.3, 0.4) is 0 Å². The first-order chi connectivity index (χ1) is 12.5. The minimum Gasteiger partial charge on any atom is -0.497 e. The van der Waals surface area contributed by atoms with Crippen LogP contribution < -0.4 is 4.74 Å². The average molecular weight is 348 g/mol. The van der Waals surface area contributed by atoms with Gasteiger partial charge in [0.25, 0.3) is 0 Å². The van der Waals surface area contributed by atoms with Crippen molar-refractivity contribution < 1.29 is 9.53 Å². The van der Waals surface area contributed by atoms with Gasteiger partial charge >= 0.3 is 0 Å². The fourth-order valence-electron chi connectivity index (χ4n) is 3.76. The van der Waals surface area contributed by atoms with Crippen molar-refractivity contribution in [3.05, 3.63) is 59.7 Å². The normalized spacial score (nSPS) is 22.0. The molecular formula is C24H28O2. The van der Waals surface area contributed by atoms with Gasteiger partial charge in [0.1, 0.15) is 5.75 Å². The second-order valence-electron chi connectivity index (χ2n) is 7.64. The van der Waals surface area contributed by atoms with Crippen molar-refractivity contribution >= 4 is 11.9 Å². The van der Waals surface area contributed by atoms with Crippen molar-refractivity contribution in [3.63, 3.8) is 0 Å². The highest BCUT2D eigenvalue weighted by Crippen LogP contribution is 2.35. The molecule has 1 aliphatic carbocycles. The zero-order chi connectivity index (χ0) is 18.7. The van der Waals surface area contributed by atoms with Crippen LogP contribution in [0.1, 0.15) is 39.2 Å². The number of methoxy groups -OCH3 is 1. The van der Waals surface area contributed by atoms with Crippen molar-refractivity contribution in [3.8, 4) is 16.9 Å². The summed E-state index contributed by atoms with van der Waals surface area (Å²) in [4.78, 5) is 12.9. The molecule has 0 unspecified atom stereocenters. The van der Waals surface area contributed by atoms with Gasteiger partial charge in [0.05, 0.1) is 7.11 Å². The molecule has 2 aromatic carbocycles. The molecule has 2 heteroatoms. The van der Waals surface area contributed by atoms with Crippen LogP contribution in [0.2, 0.25) is 0 Å². The average Bonchev–Trinajstić information content (AvgIpc) is 2.65. The van der Waals surface area contributed by atoms with Crippen LogP contribution in [0.25, 0.3) is 17.2 Å². The number of benzene rings is 2. The van der Waals surface area contributed by atoms with Crippen LogP contribution >= 0.6 is 0 Å². The van der Waals surface area contributed by atoms with Crippen molar-refractivity contribution in [1.82, 2.24) is 0 Å². The lowest BCUT2D eigenvalue weighted by molar-refractivity contribution is -0.122. The molecule has 0 saturated heterocycles. The molecule has 0 heterocycles. The van der Waals surface area contributed by atoms with Crippen molar-refractivity contribution in [2.24, 2.45) is 17.8 Å². The summed E-state index contributed by atoms with van der Waals surface area (Å²) in [5, 5.41) is 0. The second-order valence-corrected chi connectivity index (χ2v) is 7.64. The van der Waals surface area contributed by atoms with E-state index >= 15 is 0 Å². The summed E-state index contributed by atoms with van der Waals surface area (Å²) in [6.45, 7) is 6.48. The molecule has 2 atom stereocenters. The summed E-state index contributed by atoms with van der Waals surface area (Å²) in [5.74, 6) is 2.14. The molecule has 2 nitrogen and oxygen atoms in total. The molecule has 0 spiro atoms. The van der Waals surface area contributed by atoms with Gasteiger partial charge in [-0.3, -0.25) is 4.79 Å². The lowest BCUT2D eigenvalue weighted by Gasteiger charge is -2.30. The number of ether oxygens (including phenoxy) is 1. The Morgan fingerprint density at radius 1 is 0.962 bits per heavy atom. The molecule has 1 saturated carbocycles. The van der Waals surface area contributed by atoms with Gasteiger partial charge in [-0.1, -0.05) is 57.2 Å². The van der Waals surface area contributed by atoms with Gasteiger partial charge in [0.15, 0.2) is 5.78 Å². The standard InChI is InChI=1S/C24H28O2/c1-16(2)22-14-5-17(3)23(24(22)25)15-18-6-8-19(9-7-18)20-10-12-21(26-4)13-11-20/h6-13,15-17,22H,5,14H2,1-4H3/b23-15-/t17-,22-/m1/s1. The molecule has 26 heavy (non-hydrogen) atoms. The summed E-state index contributed by atoms with van der Waals surface area (Å²) in [5.41, 5.74) is 4.42. The Morgan fingerprint density at radius 2 is 1.54 bits per heavy atom. The molecule has 0 N–H and O–H groups in total. The Morgan fingerprint density at radius 3 is 2.08 bits per heavy atom. The van der Waals surface area contributed by atoms with E-state index < -0.39 is 0 Å². The van der Waals surface area contributed by atoms with E-state index in [1.807, 2.05) is 12.1 Å². The molecule has 1 aliphatic rings. The number of carbonyl (C=O) groups is 1. The van der Waals surface area contributed by atoms with Gasteiger partial charge in [-0.05, 0) is 65.1 Å². The molecule has 3 rings (SSSR count). The number of Topliss-reactive ketones (excluding diaryl/α,β-unsaturated/α-hetero) is 1. The Bertz CT molecular complexity index is 782. The second kappa shape index (κ2) is 7.90. The Labute approximate surface area is 156 Å². The Hall–Kier alpha value is -2.35. The smallest absolute Gasteiger partial charge is 0.162 e. The van der Waals surface area contributed by atoms with Crippen LogP contribution in [0.4, 0.5) is 0 Å². The zero-order valence-electron chi connectivity index (χ0n) is 16.2. The first-order valence-corrected chi connectivity index (χ1v) is 9.50. The first kappa shape index (κ1) is 18.4. The van der Waals surface area contributed by atoms with Gasteiger partial charge in [0, 0.05) is 5.92 Å². The van der Waals surface area contributed by atoms with E-state index in [1.54, 1.807) is 7.11 Å².